The Morgan fingerprint density at radius 3 is 1.30 bits per heavy atom. The van der Waals surface area contributed by atoms with Gasteiger partial charge < -0.3 is 0 Å². The van der Waals surface area contributed by atoms with Gasteiger partial charge in [0.1, 0.15) is 0 Å². The Bertz CT molecular complexity index is 83.4. The third kappa shape index (κ3) is 8.44. The van der Waals surface area contributed by atoms with Gasteiger partial charge in [-0.3, -0.25) is 0 Å². The Morgan fingerprint density at radius 2 is 1.10 bits per heavy atom. The van der Waals surface area contributed by atoms with Gasteiger partial charge in [-0.2, -0.15) is 0 Å². The maximum absolute atomic E-state index is 2.20. The molecule has 0 aliphatic rings. The molecule has 2 heteroatoms. The molecular formula is C8H16S2. The fourth-order valence-electron chi connectivity index (χ4n) is 0.378. The van der Waals surface area contributed by atoms with E-state index < -0.39 is 0 Å². The minimum Gasteiger partial charge on any atom is -0.131 e. The molecule has 0 nitrogen and oxygen atoms in total. The molecule has 0 aromatic carbocycles. The minimum atomic E-state index is 0.712. The molecule has 0 N–H and O–H groups in total. The van der Waals surface area contributed by atoms with Crippen LogP contribution in [0.1, 0.15) is 27.7 Å². The summed E-state index contributed by atoms with van der Waals surface area (Å²) in [5.74, 6) is 0. The van der Waals surface area contributed by atoms with Crippen LogP contribution in [0.25, 0.3) is 0 Å². The molecule has 0 rings (SSSR count). The van der Waals surface area contributed by atoms with Crippen molar-refractivity contribution in [1.29, 1.82) is 0 Å². The zero-order valence-electron chi connectivity index (χ0n) is 7.13. The summed E-state index contributed by atoms with van der Waals surface area (Å²) >= 11 is 3.74. The van der Waals surface area contributed by atoms with Crippen LogP contribution >= 0.6 is 23.5 Å². The largest absolute Gasteiger partial charge is 0.131 e. The lowest BCUT2D eigenvalue weighted by molar-refractivity contribution is 1.12. The first-order valence-electron chi connectivity index (χ1n) is 3.59. The number of hydrogen-bond acceptors (Lipinski definition) is 2. The van der Waals surface area contributed by atoms with Gasteiger partial charge in [0.05, 0.1) is 0 Å². The molecule has 10 heavy (non-hydrogen) atoms. The van der Waals surface area contributed by atoms with Crippen molar-refractivity contribution >= 4 is 23.5 Å². The van der Waals surface area contributed by atoms with Gasteiger partial charge in [-0.15, -0.1) is 23.5 Å². The van der Waals surface area contributed by atoms with E-state index in [1.54, 1.807) is 0 Å². The van der Waals surface area contributed by atoms with Crippen molar-refractivity contribution in [2.24, 2.45) is 0 Å². The lowest BCUT2D eigenvalue weighted by Crippen LogP contribution is -1.82. The van der Waals surface area contributed by atoms with Crippen molar-refractivity contribution in [2.45, 2.75) is 38.2 Å². The molecule has 0 saturated heterocycles. The lowest BCUT2D eigenvalue weighted by Gasteiger charge is -1.98. The second kappa shape index (κ2) is 6.17. The first kappa shape index (κ1) is 10.4. The first-order valence-corrected chi connectivity index (χ1v) is 5.47. The quantitative estimate of drug-likeness (QED) is 0.640. The summed E-state index contributed by atoms with van der Waals surface area (Å²) in [5, 5.41) is 5.78. The third-order valence-electron chi connectivity index (χ3n) is 0.757. The van der Waals surface area contributed by atoms with E-state index in [0.717, 1.165) is 0 Å². The van der Waals surface area contributed by atoms with Gasteiger partial charge in [0.2, 0.25) is 0 Å². The van der Waals surface area contributed by atoms with Crippen molar-refractivity contribution < 1.29 is 0 Å². The summed E-state index contributed by atoms with van der Waals surface area (Å²) in [6, 6.07) is 0. The summed E-state index contributed by atoms with van der Waals surface area (Å²) < 4.78 is 0. The number of rotatable bonds is 4. The van der Waals surface area contributed by atoms with Crippen molar-refractivity contribution in [1.82, 2.24) is 0 Å². The van der Waals surface area contributed by atoms with Crippen LogP contribution in [-0.4, -0.2) is 10.5 Å². The van der Waals surface area contributed by atoms with Crippen LogP contribution in [0.3, 0.4) is 0 Å². The Balaban J connectivity index is 3.20. The highest BCUT2D eigenvalue weighted by molar-refractivity contribution is 8.06. The fourth-order valence-corrected chi connectivity index (χ4v) is 1.52. The van der Waals surface area contributed by atoms with E-state index in [1.807, 2.05) is 23.5 Å². The molecule has 60 valence electrons. The number of hydrogen-bond donors (Lipinski definition) is 0. The molecule has 0 heterocycles. The van der Waals surface area contributed by atoms with Crippen LogP contribution in [-0.2, 0) is 0 Å². The van der Waals surface area contributed by atoms with Gasteiger partial charge >= 0.3 is 0 Å². The molecule has 0 bridgehead atoms. The maximum atomic E-state index is 2.20. The molecule has 0 unspecified atom stereocenters. The highest BCUT2D eigenvalue weighted by Gasteiger charge is 1.89. The fraction of sp³-hybridized carbons (Fsp3) is 0.750. The molecule has 0 radical (unpaired) electrons. The molecule has 0 aliphatic carbocycles. The van der Waals surface area contributed by atoms with Gasteiger partial charge in [-0.1, -0.05) is 27.7 Å². The summed E-state index contributed by atoms with van der Waals surface area (Å²) in [5.41, 5.74) is 0. The summed E-state index contributed by atoms with van der Waals surface area (Å²) in [4.78, 5) is 0. The Hall–Kier alpha value is 0.440. The second-order valence-electron chi connectivity index (χ2n) is 2.64. The highest BCUT2D eigenvalue weighted by atomic mass is 32.2. The van der Waals surface area contributed by atoms with E-state index in [-0.39, 0.29) is 0 Å². The van der Waals surface area contributed by atoms with E-state index in [2.05, 4.69) is 38.5 Å². The Kier molecular flexibility index (Phi) is 6.44. The van der Waals surface area contributed by atoms with Crippen molar-refractivity contribution in [3.63, 3.8) is 0 Å². The van der Waals surface area contributed by atoms with Gasteiger partial charge in [-0.25, -0.2) is 0 Å². The zero-order chi connectivity index (χ0) is 7.98. The van der Waals surface area contributed by atoms with Crippen LogP contribution in [0.4, 0.5) is 0 Å². The van der Waals surface area contributed by atoms with Crippen molar-refractivity contribution in [2.75, 3.05) is 0 Å². The molecular weight excluding hydrogens is 160 g/mol. The van der Waals surface area contributed by atoms with E-state index >= 15 is 0 Å². The predicted molar refractivity (Wildman–Crippen MR) is 54.6 cm³/mol. The van der Waals surface area contributed by atoms with Crippen LogP contribution in [0.15, 0.2) is 10.8 Å². The normalized spacial score (nSPS) is 12.2. The summed E-state index contributed by atoms with van der Waals surface area (Å²) in [7, 11) is 0. The molecule has 0 amide bonds. The smallest absolute Gasteiger partial charge is 0.00319 e. The lowest BCUT2D eigenvalue weighted by atomic mass is 10.6. The highest BCUT2D eigenvalue weighted by Crippen LogP contribution is 2.16. The van der Waals surface area contributed by atoms with Crippen LogP contribution < -0.4 is 0 Å². The van der Waals surface area contributed by atoms with Gasteiger partial charge in [0.25, 0.3) is 0 Å². The summed E-state index contributed by atoms with van der Waals surface area (Å²) in [6.45, 7) is 8.81. The molecule has 0 atom stereocenters. The van der Waals surface area contributed by atoms with Crippen LogP contribution in [0.2, 0.25) is 0 Å². The second-order valence-corrected chi connectivity index (χ2v) is 5.62. The first-order chi connectivity index (χ1) is 4.63. The molecule has 0 saturated carbocycles. The monoisotopic (exact) mass is 176 g/mol. The maximum Gasteiger partial charge on any atom is 0.00319 e. The number of thioether (sulfide) groups is 2. The minimum absolute atomic E-state index is 0.712. The predicted octanol–water partition coefficient (Wildman–Crippen LogP) is 3.74. The van der Waals surface area contributed by atoms with Gasteiger partial charge in [0, 0.05) is 10.5 Å². The van der Waals surface area contributed by atoms with Gasteiger partial charge in [0.15, 0.2) is 0 Å². The molecule has 0 spiro atoms. The molecule has 0 aromatic heterocycles. The van der Waals surface area contributed by atoms with E-state index in [4.69, 9.17) is 0 Å². The van der Waals surface area contributed by atoms with E-state index in [1.165, 1.54) is 0 Å². The van der Waals surface area contributed by atoms with Gasteiger partial charge in [-0.05, 0) is 10.8 Å². The average molecular weight is 176 g/mol. The Labute approximate surface area is 72.9 Å². The molecule has 0 aliphatic heterocycles. The zero-order valence-corrected chi connectivity index (χ0v) is 8.76. The Morgan fingerprint density at radius 1 is 0.800 bits per heavy atom. The van der Waals surface area contributed by atoms with Crippen molar-refractivity contribution in [3.05, 3.63) is 10.8 Å². The standard InChI is InChI=1S/C8H16S2/c1-7(2)9-5-6-10-8(3)4/h5-8H,1-4H3/b6-5-. The SMILES string of the molecule is CC(C)S/C=C\SC(C)C. The molecule has 0 fully saturated rings. The summed E-state index contributed by atoms with van der Waals surface area (Å²) in [6.07, 6.45) is 0. The van der Waals surface area contributed by atoms with Crippen LogP contribution in [0, 0.1) is 0 Å². The molecule has 0 aromatic rings. The third-order valence-corrected chi connectivity index (χ3v) is 2.60. The average Bonchev–Trinajstić information content (AvgIpc) is 1.79. The van der Waals surface area contributed by atoms with E-state index in [0.29, 0.717) is 10.5 Å². The van der Waals surface area contributed by atoms with Crippen LogP contribution in [0.5, 0.6) is 0 Å². The topological polar surface area (TPSA) is 0 Å². The van der Waals surface area contributed by atoms with Crippen molar-refractivity contribution in [3.8, 4) is 0 Å². The van der Waals surface area contributed by atoms with E-state index in [9.17, 15) is 0 Å².